The molecule has 44 heavy (non-hydrogen) atoms. The summed E-state index contributed by atoms with van der Waals surface area (Å²) < 4.78 is 29.6. The molecule has 0 radical (unpaired) electrons. The van der Waals surface area contributed by atoms with Gasteiger partial charge in [-0.2, -0.15) is 0 Å². The molecule has 1 atom stereocenters. The Morgan fingerprint density at radius 3 is 1.98 bits per heavy atom. The van der Waals surface area contributed by atoms with Gasteiger partial charge in [0, 0.05) is 19.5 Å². The Morgan fingerprint density at radius 2 is 1.36 bits per heavy atom. The summed E-state index contributed by atoms with van der Waals surface area (Å²) in [6.45, 7) is 9.53. The van der Waals surface area contributed by atoms with E-state index in [1.54, 1.807) is 36.4 Å². The minimum Gasteiger partial charge on any atom is -0.355 e. The van der Waals surface area contributed by atoms with E-state index in [0.717, 1.165) is 33.4 Å². The Morgan fingerprint density at radius 1 is 0.727 bits per heavy atom. The Bertz CT molecular complexity index is 1680. The molecule has 0 saturated heterocycles. The van der Waals surface area contributed by atoms with E-state index < -0.39 is 28.5 Å². The molecule has 7 nitrogen and oxygen atoms in total. The number of carbonyl (C=O) groups is 2. The molecule has 8 heteroatoms. The molecule has 230 valence electrons. The second-order valence-electron chi connectivity index (χ2n) is 11.3. The average Bonchev–Trinajstić information content (AvgIpc) is 2.98. The van der Waals surface area contributed by atoms with Crippen molar-refractivity contribution in [3.8, 4) is 0 Å². The largest absolute Gasteiger partial charge is 0.355 e. The fraction of sp³-hybridized carbons (Fsp3) is 0.278. The molecule has 2 amide bonds. The summed E-state index contributed by atoms with van der Waals surface area (Å²) in [5.74, 6) is -0.773. The second kappa shape index (κ2) is 14.4. The molecule has 0 bridgehead atoms. The van der Waals surface area contributed by atoms with Gasteiger partial charge in [0.2, 0.25) is 11.8 Å². The van der Waals surface area contributed by atoms with E-state index in [1.165, 1.54) is 9.21 Å². The molecular formula is C36H41N3O4S. The monoisotopic (exact) mass is 611 g/mol. The van der Waals surface area contributed by atoms with Crippen LogP contribution in [0, 0.1) is 27.7 Å². The predicted molar refractivity (Wildman–Crippen MR) is 176 cm³/mol. The number of amides is 2. The van der Waals surface area contributed by atoms with E-state index in [2.05, 4.69) is 5.32 Å². The average molecular weight is 612 g/mol. The number of carbonyl (C=O) groups excluding carboxylic acids is 2. The third-order valence-corrected chi connectivity index (χ3v) is 9.23. The normalized spacial score (nSPS) is 11.9. The summed E-state index contributed by atoms with van der Waals surface area (Å²) in [6.07, 6.45) is 0.276. The van der Waals surface area contributed by atoms with Crippen molar-refractivity contribution < 1.29 is 18.0 Å². The van der Waals surface area contributed by atoms with Crippen molar-refractivity contribution in [2.75, 3.05) is 17.4 Å². The topological polar surface area (TPSA) is 86.8 Å². The lowest BCUT2D eigenvalue weighted by Gasteiger charge is -2.34. The van der Waals surface area contributed by atoms with Crippen LogP contribution in [0.2, 0.25) is 0 Å². The Kier molecular flexibility index (Phi) is 10.6. The number of nitrogens with zero attached hydrogens (tertiary/aromatic N) is 2. The molecule has 0 aliphatic heterocycles. The highest BCUT2D eigenvalue weighted by Gasteiger charge is 2.34. The van der Waals surface area contributed by atoms with Crippen LogP contribution in [0.5, 0.6) is 0 Å². The van der Waals surface area contributed by atoms with Gasteiger partial charge in [-0.3, -0.25) is 13.9 Å². The van der Waals surface area contributed by atoms with Crippen LogP contribution in [0.1, 0.15) is 40.3 Å². The van der Waals surface area contributed by atoms with Gasteiger partial charge in [0.1, 0.15) is 12.6 Å². The highest BCUT2D eigenvalue weighted by Crippen LogP contribution is 2.27. The summed E-state index contributed by atoms with van der Waals surface area (Å²) in [4.78, 5) is 29.7. The van der Waals surface area contributed by atoms with E-state index in [0.29, 0.717) is 12.2 Å². The number of benzene rings is 4. The van der Waals surface area contributed by atoms with Gasteiger partial charge < -0.3 is 10.2 Å². The zero-order valence-electron chi connectivity index (χ0n) is 26.1. The highest BCUT2D eigenvalue weighted by atomic mass is 32.2. The number of hydrogen-bond acceptors (Lipinski definition) is 4. The lowest BCUT2D eigenvalue weighted by Crippen LogP contribution is -2.53. The van der Waals surface area contributed by atoms with Gasteiger partial charge in [0.05, 0.1) is 10.6 Å². The number of hydrogen-bond donors (Lipinski definition) is 1. The molecule has 0 fully saturated rings. The van der Waals surface area contributed by atoms with E-state index in [1.807, 2.05) is 95.3 Å². The summed E-state index contributed by atoms with van der Waals surface area (Å²) in [6, 6.07) is 28.5. The van der Waals surface area contributed by atoms with Crippen LogP contribution in [0.4, 0.5) is 5.69 Å². The van der Waals surface area contributed by atoms with Crippen molar-refractivity contribution in [2.45, 2.75) is 58.5 Å². The smallest absolute Gasteiger partial charge is 0.264 e. The van der Waals surface area contributed by atoms with Crippen LogP contribution in [-0.4, -0.2) is 44.3 Å². The fourth-order valence-electron chi connectivity index (χ4n) is 5.31. The zero-order valence-corrected chi connectivity index (χ0v) is 26.9. The third kappa shape index (κ3) is 8.14. The molecule has 0 aromatic heterocycles. The lowest BCUT2D eigenvalue weighted by atomic mass is 10.0. The summed E-state index contributed by atoms with van der Waals surface area (Å²) >= 11 is 0. The van der Waals surface area contributed by atoms with E-state index in [9.17, 15) is 18.0 Å². The van der Waals surface area contributed by atoms with Crippen molar-refractivity contribution in [1.82, 2.24) is 10.2 Å². The van der Waals surface area contributed by atoms with Crippen LogP contribution < -0.4 is 9.62 Å². The quantitative estimate of drug-likeness (QED) is 0.216. The first-order valence-corrected chi connectivity index (χ1v) is 16.3. The van der Waals surface area contributed by atoms with Crippen LogP contribution in [0.15, 0.2) is 102 Å². The number of sulfonamides is 1. The Balaban J connectivity index is 1.82. The number of likely N-dealkylation sites (N-methyl/N-ethyl adjacent to an activating group) is 1. The third-order valence-electron chi connectivity index (χ3n) is 7.44. The van der Waals surface area contributed by atoms with Gasteiger partial charge in [-0.1, -0.05) is 83.9 Å². The lowest BCUT2D eigenvalue weighted by molar-refractivity contribution is -0.140. The first kappa shape index (κ1) is 32.5. The minimum absolute atomic E-state index is 0.0878. The van der Waals surface area contributed by atoms with E-state index >= 15 is 0 Å². The minimum atomic E-state index is -4.14. The molecule has 4 aromatic rings. The zero-order chi connectivity index (χ0) is 31.9. The van der Waals surface area contributed by atoms with Gasteiger partial charge in [-0.15, -0.1) is 0 Å². The second-order valence-corrected chi connectivity index (χ2v) is 13.1. The Hall–Kier alpha value is -4.43. The maximum absolute atomic E-state index is 14.5. The van der Waals surface area contributed by atoms with E-state index in [-0.39, 0.29) is 23.8 Å². The highest BCUT2D eigenvalue weighted by molar-refractivity contribution is 7.92. The maximum atomic E-state index is 14.5. The molecule has 1 N–H and O–H groups in total. The SMILES string of the molecule is CCNC(=O)C(Cc1ccccc1)N(Cc1cccc(C)c1)C(=O)CN(c1cc(C)cc(C)c1)S(=O)(=O)c1ccc(C)cc1. The summed E-state index contributed by atoms with van der Waals surface area (Å²) in [5, 5.41) is 2.90. The number of anilines is 1. The van der Waals surface area contributed by atoms with E-state index in [4.69, 9.17) is 0 Å². The molecular weight excluding hydrogens is 570 g/mol. The van der Waals surface area contributed by atoms with Crippen molar-refractivity contribution in [2.24, 2.45) is 0 Å². The maximum Gasteiger partial charge on any atom is 0.264 e. The van der Waals surface area contributed by atoms with Gasteiger partial charge in [-0.05, 0) is 81.1 Å². The van der Waals surface area contributed by atoms with Crippen LogP contribution in [-0.2, 0) is 32.6 Å². The fourth-order valence-corrected chi connectivity index (χ4v) is 6.71. The molecule has 0 saturated carbocycles. The molecule has 0 heterocycles. The molecule has 0 aliphatic carbocycles. The van der Waals surface area contributed by atoms with Gasteiger partial charge >= 0.3 is 0 Å². The Labute approximate surface area is 261 Å². The molecule has 0 spiro atoms. The van der Waals surface area contributed by atoms with Gasteiger partial charge in [0.15, 0.2) is 0 Å². The van der Waals surface area contributed by atoms with Crippen molar-refractivity contribution in [1.29, 1.82) is 0 Å². The van der Waals surface area contributed by atoms with Crippen molar-refractivity contribution in [3.63, 3.8) is 0 Å². The number of rotatable bonds is 12. The molecule has 1 unspecified atom stereocenters. The molecule has 0 aliphatic rings. The van der Waals surface area contributed by atoms with Crippen LogP contribution in [0.25, 0.3) is 0 Å². The van der Waals surface area contributed by atoms with Crippen LogP contribution in [0.3, 0.4) is 0 Å². The molecule has 4 rings (SSSR count). The van der Waals surface area contributed by atoms with Crippen molar-refractivity contribution in [3.05, 3.63) is 130 Å². The van der Waals surface area contributed by atoms with Crippen LogP contribution >= 0.6 is 0 Å². The summed E-state index contributed by atoms with van der Waals surface area (Å²) in [5.41, 5.74) is 5.82. The first-order chi connectivity index (χ1) is 21.0. The number of aryl methyl sites for hydroxylation is 4. The van der Waals surface area contributed by atoms with Gasteiger partial charge in [0.25, 0.3) is 10.0 Å². The molecule has 4 aromatic carbocycles. The summed E-state index contributed by atoms with van der Waals surface area (Å²) in [7, 11) is -4.14. The van der Waals surface area contributed by atoms with Gasteiger partial charge in [-0.25, -0.2) is 8.42 Å². The standard InChI is InChI=1S/C36H41N3O4S/c1-6-37-36(41)34(23-30-12-8-7-9-13-30)38(24-31-14-10-11-27(3)20-31)35(40)25-39(32-21-28(4)19-29(5)22-32)44(42,43)33-17-15-26(2)16-18-33/h7-22,34H,6,23-25H2,1-5H3,(H,37,41). The predicted octanol–water partition coefficient (Wildman–Crippen LogP) is 5.89. The first-order valence-electron chi connectivity index (χ1n) is 14.8. The van der Waals surface area contributed by atoms with Crippen molar-refractivity contribution >= 4 is 27.5 Å². The number of nitrogens with one attached hydrogen (secondary N) is 1.